The van der Waals surface area contributed by atoms with Crippen LogP contribution in [0, 0.1) is 6.92 Å². The summed E-state index contributed by atoms with van der Waals surface area (Å²) in [4.78, 5) is 12.4. The number of carbonyl (C=O) groups excluding carboxylic acids is 1. The Kier molecular flexibility index (Phi) is 3.93. The Morgan fingerprint density at radius 3 is 2.83 bits per heavy atom. The highest BCUT2D eigenvalue weighted by Gasteiger charge is 2.34. The number of amides is 1. The van der Waals surface area contributed by atoms with Crippen LogP contribution in [0.1, 0.15) is 31.7 Å². The van der Waals surface area contributed by atoms with Crippen molar-refractivity contribution in [3.05, 3.63) is 28.8 Å². The minimum absolute atomic E-state index is 0.00148. The Morgan fingerprint density at radius 1 is 1.44 bits per heavy atom. The third-order valence-electron chi connectivity index (χ3n) is 3.58. The molecule has 1 aliphatic rings. The lowest BCUT2D eigenvalue weighted by molar-refractivity contribution is -0.122. The number of nitrogens with one attached hydrogen (secondary N) is 2. The van der Waals surface area contributed by atoms with Gasteiger partial charge in [-0.15, -0.1) is 0 Å². The summed E-state index contributed by atoms with van der Waals surface area (Å²) in [5.41, 5.74) is 1.22. The molecule has 0 saturated carbocycles. The molecule has 1 unspecified atom stereocenters. The predicted molar refractivity (Wildman–Crippen MR) is 75.1 cm³/mol. The molecule has 0 aromatic heterocycles. The summed E-state index contributed by atoms with van der Waals surface area (Å²) in [5.74, 6) is -0.00148. The fourth-order valence-electron chi connectivity index (χ4n) is 2.29. The van der Waals surface area contributed by atoms with Gasteiger partial charge >= 0.3 is 0 Å². The van der Waals surface area contributed by atoms with E-state index in [9.17, 15) is 4.79 Å². The molecule has 98 valence electrons. The van der Waals surface area contributed by atoms with Gasteiger partial charge in [-0.05, 0) is 51.3 Å². The molecule has 1 saturated heterocycles. The van der Waals surface area contributed by atoms with Gasteiger partial charge in [0.05, 0.1) is 16.2 Å². The predicted octanol–water partition coefficient (Wildman–Crippen LogP) is 3.12. The molecule has 3 nitrogen and oxygen atoms in total. The molecule has 1 atom stereocenters. The lowest BCUT2D eigenvalue weighted by Crippen LogP contribution is -2.54. The van der Waals surface area contributed by atoms with Crippen LogP contribution in [0.2, 0.25) is 5.02 Å². The van der Waals surface area contributed by atoms with Crippen molar-refractivity contribution in [2.45, 2.75) is 38.6 Å². The van der Waals surface area contributed by atoms with E-state index in [2.05, 4.69) is 10.6 Å². The molecule has 0 bridgehead atoms. The van der Waals surface area contributed by atoms with Crippen molar-refractivity contribution in [3.8, 4) is 0 Å². The van der Waals surface area contributed by atoms with E-state index in [0.29, 0.717) is 5.02 Å². The number of benzene rings is 1. The van der Waals surface area contributed by atoms with E-state index in [1.807, 2.05) is 26.0 Å². The van der Waals surface area contributed by atoms with Gasteiger partial charge in [0.2, 0.25) is 5.91 Å². The number of rotatable bonds is 2. The normalized spacial score (nSPS) is 23.7. The summed E-state index contributed by atoms with van der Waals surface area (Å²) >= 11 is 6.12. The molecule has 1 amide bonds. The van der Waals surface area contributed by atoms with E-state index >= 15 is 0 Å². The van der Waals surface area contributed by atoms with Gasteiger partial charge in [-0.2, -0.15) is 0 Å². The zero-order chi connectivity index (χ0) is 13.2. The van der Waals surface area contributed by atoms with Crippen molar-refractivity contribution in [2.75, 3.05) is 11.9 Å². The van der Waals surface area contributed by atoms with Crippen molar-refractivity contribution in [1.29, 1.82) is 0 Å². The van der Waals surface area contributed by atoms with Gasteiger partial charge in [0.25, 0.3) is 0 Å². The average molecular weight is 267 g/mol. The fourth-order valence-corrected chi connectivity index (χ4v) is 2.56. The van der Waals surface area contributed by atoms with Crippen molar-refractivity contribution in [1.82, 2.24) is 5.32 Å². The summed E-state index contributed by atoms with van der Waals surface area (Å²) < 4.78 is 0. The molecule has 0 spiro atoms. The number of halogens is 1. The van der Waals surface area contributed by atoms with Crippen LogP contribution in [-0.2, 0) is 4.79 Å². The lowest BCUT2D eigenvalue weighted by Gasteiger charge is -2.33. The molecule has 1 aromatic carbocycles. The maximum Gasteiger partial charge on any atom is 0.244 e. The van der Waals surface area contributed by atoms with Crippen LogP contribution in [0.15, 0.2) is 18.2 Å². The van der Waals surface area contributed by atoms with Gasteiger partial charge in [-0.1, -0.05) is 23.7 Å². The molecule has 0 radical (unpaired) electrons. The van der Waals surface area contributed by atoms with Crippen molar-refractivity contribution in [3.63, 3.8) is 0 Å². The number of aryl methyl sites for hydroxylation is 1. The summed E-state index contributed by atoms with van der Waals surface area (Å²) in [6.45, 7) is 4.79. The van der Waals surface area contributed by atoms with Crippen LogP contribution in [-0.4, -0.2) is 18.0 Å². The molecule has 18 heavy (non-hydrogen) atoms. The van der Waals surface area contributed by atoms with Crippen molar-refractivity contribution >= 4 is 23.2 Å². The number of para-hydroxylation sites is 1. The Hall–Kier alpha value is -1.06. The maximum absolute atomic E-state index is 12.4. The van der Waals surface area contributed by atoms with Gasteiger partial charge < -0.3 is 10.6 Å². The number of anilines is 1. The quantitative estimate of drug-likeness (QED) is 0.864. The van der Waals surface area contributed by atoms with Crippen molar-refractivity contribution in [2.24, 2.45) is 0 Å². The van der Waals surface area contributed by atoms with Gasteiger partial charge in [-0.3, -0.25) is 4.79 Å². The number of hydrogen-bond donors (Lipinski definition) is 2. The lowest BCUT2D eigenvalue weighted by atomic mass is 9.90. The Balaban J connectivity index is 2.16. The Morgan fingerprint density at radius 2 is 2.22 bits per heavy atom. The highest BCUT2D eigenvalue weighted by Crippen LogP contribution is 2.27. The molecule has 1 heterocycles. The Bertz CT molecular complexity index is 433. The third-order valence-corrected chi connectivity index (χ3v) is 3.90. The highest BCUT2D eigenvalue weighted by atomic mass is 35.5. The molecule has 1 aromatic rings. The third kappa shape index (κ3) is 2.68. The van der Waals surface area contributed by atoms with Crippen LogP contribution in [0.25, 0.3) is 0 Å². The molecule has 1 aliphatic heterocycles. The largest absolute Gasteiger partial charge is 0.323 e. The second-order valence-electron chi connectivity index (χ2n) is 5.10. The minimum Gasteiger partial charge on any atom is -0.323 e. The second kappa shape index (κ2) is 5.29. The maximum atomic E-state index is 12.4. The van der Waals surface area contributed by atoms with Gasteiger partial charge in [-0.25, -0.2) is 0 Å². The van der Waals surface area contributed by atoms with E-state index < -0.39 is 5.54 Å². The smallest absolute Gasteiger partial charge is 0.244 e. The minimum atomic E-state index is -0.482. The van der Waals surface area contributed by atoms with E-state index in [0.717, 1.165) is 37.1 Å². The average Bonchev–Trinajstić information content (AvgIpc) is 2.34. The first-order valence-electron chi connectivity index (χ1n) is 6.34. The van der Waals surface area contributed by atoms with E-state index in [1.54, 1.807) is 6.07 Å². The molecule has 0 aliphatic carbocycles. The number of hydrogen-bond acceptors (Lipinski definition) is 2. The van der Waals surface area contributed by atoms with Crippen LogP contribution < -0.4 is 10.6 Å². The van der Waals surface area contributed by atoms with Gasteiger partial charge in [0.15, 0.2) is 0 Å². The summed E-state index contributed by atoms with van der Waals surface area (Å²) in [5, 5.41) is 6.84. The van der Waals surface area contributed by atoms with E-state index in [-0.39, 0.29) is 5.91 Å². The van der Waals surface area contributed by atoms with Crippen LogP contribution in [0.4, 0.5) is 5.69 Å². The highest BCUT2D eigenvalue weighted by molar-refractivity contribution is 6.34. The standard InChI is InChI=1S/C14H19ClN2O/c1-10-6-5-7-11(15)12(10)17-13(18)14(2)8-3-4-9-16-14/h5-7,16H,3-4,8-9H2,1-2H3,(H,17,18). The zero-order valence-corrected chi connectivity index (χ0v) is 11.6. The summed E-state index contributed by atoms with van der Waals surface area (Å²) in [6, 6.07) is 5.62. The monoisotopic (exact) mass is 266 g/mol. The first kappa shape index (κ1) is 13.4. The van der Waals surface area contributed by atoms with Crippen molar-refractivity contribution < 1.29 is 4.79 Å². The molecule has 2 rings (SSSR count). The zero-order valence-electron chi connectivity index (χ0n) is 10.8. The second-order valence-corrected chi connectivity index (χ2v) is 5.51. The topological polar surface area (TPSA) is 41.1 Å². The fraction of sp³-hybridized carbons (Fsp3) is 0.500. The van der Waals surface area contributed by atoms with Gasteiger partial charge in [0.1, 0.15) is 0 Å². The first-order chi connectivity index (χ1) is 8.53. The molecular weight excluding hydrogens is 248 g/mol. The van der Waals surface area contributed by atoms with Gasteiger partial charge in [0, 0.05) is 0 Å². The van der Waals surface area contributed by atoms with Crippen LogP contribution in [0.3, 0.4) is 0 Å². The molecule has 2 N–H and O–H groups in total. The summed E-state index contributed by atoms with van der Waals surface area (Å²) in [6.07, 6.45) is 3.08. The first-order valence-corrected chi connectivity index (χ1v) is 6.72. The van der Waals surface area contributed by atoms with Crippen LogP contribution in [0.5, 0.6) is 0 Å². The summed E-state index contributed by atoms with van der Waals surface area (Å²) in [7, 11) is 0. The van der Waals surface area contributed by atoms with E-state index in [1.165, 1.54) is 0 Å². The number of carbonyl (C=O) groups is 1. The number of piperidine rings is 1. The van der Waals surface area contributed by atoms with E-state index in [4.69, 9.17) is 11.6 Å². The SMILES string of the molecule is Cc1cccc(Cl)c1NC(=O)C1(C)CCCCN1. The Labute approximate surface area is 113 Å². The van der Waals surface area contributed by atoms with Crippen LogP contribution >= 0.6 is 11.6 Å². The molecular formula is C14H19ClN2O. The molecule has 4 heteroatoms. The molecule has 1 fully saturated rings.